The Balaban J connectivity index is 2.90. The summed E-state index contributed by atoms with van der Waals surface area (Å²) in [5.41, 5.74) is -1.24. The van der Waals surface area contributed by atoms with Crippen molar-refractivity contribution in [3.05, 3.63) is 29.3 Å². The van der Waals surface area contributed by atoms with Crippen LogP contribution in [-0.4, -0.2) is 19.5 Å². The van der Waals surface area contributed by atoms with E-state index in [0.29, 0.717) is 17.3 Å². The van der Waals surface area contributed by atoms with Crippen LogP contribution in [-0.2, 0) is 10.9 Å². The fourth-order valence-electron chi connectivity index (χ4n) is 1.20. The maximum Gasteiger partial charge on any atom is 0.417 e. The molecule has 92 valence electrons. The molecule has 0 heterocycles. The molecule has 0 bridgehead atoms. The number of halogens is 3. The zero-order valence-electron chi connectivity index (χ0n) is 9.04. The van der Waals surface area contributed by atoms with Gasteiger partial charge in [0.25, 0.3) is 0 Å². The molecule has 0 saturated heterocycles. The van der Waals surface area contributed by atoms with Crippen LogP contribution < -0.4 is 0 Å². The highest BCUT2D eigenvalue weighted by Gasteiger charge is 2.33. The first kappa shape index (κ1) is 13.9. The van der Waals surface area contributed by atoms with Crippen molar-refractivity contribution in [3.8, 4) is 6.07 Å². The third kappa shape index (κ3) is 3.95. The van der Waals surface area contributed by atoms with Crippen LogP contribution in [0.3, 0.4) is 0 Å². The van der Waals surface area contributed by atoms with Gasteiger partial charge in [0.05, 0.1) is 23.8 Å². The summed E-state index contributed by atoms with van der Waals surface area (Å²) in [7, 11) is 1.55. The molecule has 0 saturated carbocycles. The molecule has 0 spiro atoms. The van der Waals surface area contributed by atoms with Gasteiger partial charge in [-0.25, -0.2) is 0 Å². The highest BCUT2D eigenvalue weighted by molar-refractivity contribution is 7.99. The maximum atomic E-state index is 12.5. The summed E-state index contributed by atoms with van der Waals surface area (Å²) in [6.07, 6.45) is -4.49. The summed E-state index contributed by atoms with van der Waals surface area (Å²) in [4.78, 5) is 0.631. The van der Waals surface area contributed by atoms with Gasteiger partial charge in [0.15, 0.2) is 0 Å². The van der Waals surface area contributed by atoms with Gasteiger partial charge in [-0.1, -0.05) is 0 Å². The van der Waals surface area contributed by atoms with E-state index in [1.807, 2.05) is 0 Å². The zero-order valence-corrected chi connectivity index (χ0v) is 9.86. The highest BCUT2D eigenvalue weighted by Crippen LogP contribution is 2.33. The Morgan fingerprint density at radius 3 is 2.65 bits per heavy atom. The summed E-state index contributed by atoms with van der Waals surface area (Å²) in [5, 5.41) is 8.69. The fraction of sp³-hybridized carbons (Fsp3) is 0.364. The average molecular weight is 261 g/mol. The summed E-state index contributed by atoms with van der Waals surface area (Å²) in [6, 6.07) is 5.12. The van der Waals surface area contributed by atoms with E-state index in [1.165, 1.54) is 23.9 Å². The van der Waals surface area contributed by atoms with Gasteiger partial charge in [0.1, 0.15) is 0 Å². The van der Waals surface area contributed by atoms with E-state index in [4.69, 9.17) is 10.00 Å². The summed E-state index contributed by atoms with van der Waals surface area (Å²) < 4.78 is 42.3. The maximum absolute atomic E-state index is 12.5. The van der Waals surface area contributed by atoms with E-state index < -0.39 is 11.7 Å². The molecule has 17 heavy (non-hydrogen) atoms. The van der Waals surface area contributed by atoms with Crippen LogP contribution in [0.5, 0.6) is 0 Å². The molecule has 0 atom stereocenters. The third-order valence-corrected chi connectivity index (χ3v) is 2.93. The average Bonchev–Trinajstić information content (AvgIpc) is 2.28. The highest BCUT2D eigenvalue weighted by atomic mass is 32.2. The SMILES string of the molecule is COCCSc1ccc(C(F)(F)F)c(C#N)c1. The number of hydrogen-bond donors (Lipinski definition) is 0. The molecule has 1 aromatic carbocycles. The summed E-state index contributed by atoms with van der Waals surface area (Å²) in [5.74, 6) is 0.632. The zero-order chi connectivity index (χ0) is 12.9. The molecule has 0 radical (unpaired) electrons. The first-order valence-electron chi connectivity index (χ1n) is 4.72. The predicted molar refractivity (Wildman–Crippen MR) is 58.8 cm³/mol. The number of hydrogen-bond acceptors (Lipinski definition) is 3. The Labute approximate surface area is 101 Å². The number of alkyl halides is 3. The molecule has 2 nitrogen and oxygen atoms in total. The second-order valence-corrected chi connectivity index (χ2v) is 4.33. The molecule has 6 heteroatoms. The second-order valence-electron chi connectivity index (χ2n) is 3.16. The Hall–Kier alpha value is -1.19. The van der Waals surface area contributed by atoms with Gasteiger partial charge in [-0.05, 0) is 18.2 Å². The lowest BCUT2D eigenvalue weighted by Crippen LogP contribution is -2.07. The van der Waals surface area contributed by atoms with Crippen molar-refractivity contribution in [2.75, 3.05) is 19.5 Å². The molecule has 0 aliphatic heterocycles. The Morgan fingerprint density at radius 2 is 2.12 bits per heavy atom. The molecule has 0 amide bonds. The molecular formula is C11H10F3NOS. The minimum atomic E-state index is -4.49. The van der Waals surface area contributed by atoms with Crippen molar-refractivity contribution in [1.29, 1.82) is 5.26 Å². The molecule has 1 rings (SSSR count). The molecule has 0 N–H and O–H groups in total. The normalized spacial score (nSPS) is 11.2. The Morgan fingerprint density at radius 1 is 1.41 bits per heavy atom. The topological polar surface area (TPSA) is 33.0 Å². The lowest BCUT2D eigenvalue weighted by Gasteiger charge is -2.09. The van der Waals surface area contributed by atoms with E-state index in [0.717, 1.165) is 6.07 Å². The first-order valence-corrected chi connectivity index (χ1v) is 5.70. The van der Waals surface area contributed by atoms with E-state index in [-0.39, 0.29) is 5.56 Å². The smallest absolute Gasteiger partial charge is 0.384 e. The van der Waals surface area contributed by atoms with Crippen LogP contribution >= 0.6 is 11.8 Å². The van der Waals surface area contributed by atoms with E-state index >= 15 is 0 Å². The molecule has 0 unspecified atom stereocenters. The van der Waals surface area contributed by atoms with Crippen molar-refractivity contribution in [1.82, 2.24) is 0 Å². The second kappa shape index (κ2) is 5.94. The van der Waals surface area contributed by atoms with Crippen LogP contribution in [0.1, 0.15) is 11.1 Å². The molecular weight excluding hydrogens is 251 g/mol. The van der Waals surface area contributed by atoms with Crippen LogP contribution in [0.25, 0.3) is 0 Å². The monoisotopic (exact) mass is 261 g/mol. The lowest BCUT2D eigenvalue weighted by atomic mass is 10.1. The number of methoxy groups -OCH3 is 1. The van der Waals surface area contributed by atoms with Crippen LogP contribution in [0.15, 0.2) is 23.1 Å². The molecule has 0 fully saturated rings. The van der Waals surface area contributed by atoms with Gasteiger partial charge in [0.2, 0.25) is 0 Å². The minimum Gasteiger partial charge on any atom is -0.384 e. The van der Waals surface area contributed by atoms with Crippen molar-refractivity contribution in [2.45, 2.75) is 11.1 Å². The number of thioether (sulfide) groups is 1. The quantitative estimate of drug-likeness (QED) is 0.615. The predicted octanol–water partition coefficient (Wildman–Crippen LogP) is 3.32. The minimum absolute atomic E-state index is 0.347. The summed E-state index contributed by atoms with van der Waals surface area (Å²) >= 11 is 1.35. The number of nitrogens with zero attached hydrogens (tertiary/aromatic N) is 1. The number of rotatable bonds is 4. The standard InChI is InChI=1S/C11H10F3NOS/c1-16-4-5-17-9-2-3-10(11(12,13)14)8(6-9)7-15/h2-3,6H,4-5H2,1H3. The first-order chi connectivity index (χ1) is 7.99. The Bertz CT molecular complexity index is 426. The van der Waals surface area contributed by atoms with Gasteiger partial charge in [0, 0.05) is 17.8 Å². The Kier molecular flexibility index (Phi) is 4.85. The van der Waals surface area contributed by atoms with Crippen molar-refractivity contribution >= 4 is 11.8 Å². The van der Waals surface area contributed by atoms with Gasteiger partial charge in [-0.3, -0.25) is 0 Å². The van der Waals surface area contributed by atoms with E-state index in [2.05, 4.69) is 0 Å². The van der Waals surface area contributed by atoms with Crippen LogP contribution in [0.2, 0.25) is 0 Å². The van der Waals surface area contributed by atoms with Gasteiger partial charge in [-0.2, -0.15) is 18.4 Å². The molecule has 1 aromatic rings. The molecule has 0 aromatic heterocycles. The fourth-order valence-corrected chi connectivity index (χ4v) is 2.05. The van der Waals surface area contributed by atoms with Gasteiger partial charge >= 0.3 is 6.18 Å². The number of nitriles is 1. The summed E-state index contributed by atoms with van der Waals surface area (Å²) in [6.45, 7) is 0.508. The largest absolute Gasteiger partial charge is 0.417 e. The van der Waals surface area contributed by atoms with E-state index in [9.17, 15) is 13.2 Å². The van der Waals surface area contributed by atoms with Crippen LogP contribution in [0.4, 0.5) is 13.2 Å². The van der Waals surface area contributed by atoms with Crippen molar-refractivity contribution in [2.24, 2.45) is 0 Å². The third-order valence-electron chi connectivity index (χ3n) is 1.97. The van der Waals surface area contributed by atoms with E-state index in [1.54, 1.807) is 13.2 Å². The van der Waals surface area contributed by atoms with Crippen LogP contribution in [0, 0.1) is 11.3 Å². The number of ether oxygens (including phenoxy) is 1. The molecule has 0 aliphatic rings. The van der Waals surface area contributed by atoms with Gasteiger partial charge in [-0.15, -0.1) is 11.8 Å². The van der Waals surface area contributed by atoms with Gasteiger partial charge < -0.3 is 4.74 Å². The van der Waals surface area contributed by atoms with Crippen molar-refractivity contribution < 1.29 is 17.9 Å². The lowest BCUT2D eigenvalue weighted by molar-refractivity contribution is -0.137. The molecule has 0 aliphatic carbocycles. The number of benzene rings is 1. The van der Waals surface area contributed by atoms with Crippen molar-refractivity contribution in [3.63, 3.8) is 0 Å².